The van der Waals surface area contributed by atoms with Crippen LogP contribution in [-0.2, 0) is 14.3 Å². The Balaban J connectivity index is 2.09. The fraction of sp³-hybridized carbons (Fsp3) is 0.909. The van der Waals surface area contributed by atoms with Crippen molar-refractivity contribution >= 4 is 5.97 Å². The Hall–Kier alpha value is -0.610. The van der Waals surface area contributed by atoms with Gasteiger partial charge in [0.25, 0.3) is 0 Å². The van der Waals surface area contributed by atoms with E-state index in [1.54, 1.807) is 6.92 Å². The normalized spacial score (nSPS) is 24.1. The van der Waals surface area contributed by atoms with E-state index in [4.69, 9.17) is 9.47 Å². The monoisotopic (exact) mass is 215 g/mol. The fourth-order valence-corrected chi connectivity index (χ4v) is 1.77. The van der Waals surface area contributed by atoms with E-state index in [2.05, 4.69) is 19.2 Å². The molecule has 0 aromatic heterocycles. The molecular weight excluding hydrogens is 194 g/mol. The van der Waals surface area contributed by atoms with Gasteiger partial charge in [-0.2, -0.15) is 0 Å². The van der Waals surface area contributed by atoms with E-state index in [-0.39, 0.29) is 24.2 Å². The molecule has 1 unspecified atom stereocenters. The quantitative estimate of drug-likeness (QED) is 0.698. The lowest BCUT2D eigenvalue weighted by atomic mass is 10.1. The molecule has 0 radical (unpaired) electrons. The van der Waals surface area contributed by atoms with E-state index >= 15 is 0 Å². The summed E-state index contributed by atoms with van der Waals surface area (Å²) in [6.07, 6.45) is 2.37. The largest absolute Gasteiger partial charge is 0.465 e. The highest BCUT2D eigenvalue weighted by molar-refractivity contribution is 5.71. The summed E-state index contributed by atoms with van der Waals surface area (Å²) in [6.45, 7) is 7.43. The van der Waals surface area contributed by atoms with Gasteiger partial charge in [-0.3, -0.25) is 4.79 Å². The number of esters is 1. The summed E-state index contributed by atoms with van der Waals surface area (Å²) >= 11 is 0. The van der Waals surface area contributed by atoms with Crippen LogP contribution in [0.2, 0.25) is 0 Å². The maximum absolute atomic E-state index is 11.0. The minimum absolute atomic E-state index is 0.00370. The Kier molecular flexibility index (Phi) is 4.54. The summed E-state index contributed by atoms with van der Waals surface area (Å²) < 4.78 is 10.6. The lowest BCUT2D eigenvalue weighted by molar-refractivity contribution is -0.142. The highest BCUT2D eigenvalue weighted by Gasteiger charge is 2.31. The molecule has 1 heterocycles. The number of nitrogens with one attached hydrogen (secondary N) is 1. The SMILES string of the molecule is CCOC(=O)CNCC1CCC(C)(C)O1. The van der Waals surface area contributed by atoms with Crippen LogP contribution in [0.15, 0.2) is 0 Å². The maximum Gasteiger partial charge on any atom is 0.319 e. The molecule has 1 fully saturated rings. The number of hydrogen-bond acceptors (Lipinski definition) is 4. The van der Waals surface area contributed by atoms with Crippen LogP contribution in [0.5, 0.6) is 0 Å². The zero-order chi connectivity index (χ0) is 11.3. The number of ether oxygens (including phenoxy) is 2. The number of rotatable bonds is 5. The lowest BCUT2D eigenvalue weighted by Crippen LogP contribution is -2.33. The van der Waals surface area contributed by atoms with Gasteiger partial charge in [-0.25, -0.2) is 0 Å². The molecule has 1 atom stereocenters. The minimum atomic E-state index is -0.199. The molecular formula is C11H21NO3. The average Bonchev–Trinajstić information content (AvgIpc) is 2.46. The van der Waals surface area contributed by atoms with Crippen molar-refractivity contribution in [2.75, 3.05) is 19.7 Å². The maximum atomic E-state index is 11.0. The molecule has 0 amide bonds. The molecule has 1 aliphatic rings. The second-order valence-electron chi connectivity index (χ2n) is 4.47. The van der Waals surface area contributed by atoms with Crippen LogP contribution in [0.25, 0.3) is 0 Å². The van der Waals surface area contributed by atoms with Crippen LogP contribution in [0.4, 0.5) is 0 Å². The van der Waals surface area contributed by atoms with Gasteiger partial charge in [-0.1, -0.05) is 0 Å². The van der Waals surface area contributed by atoms with Crippen LogP contribution >= 0.6 is 0 Å². The van der Waals surface area contributed by atoms with Crippen molar-refractivity contribution in [3.8, 4) is 0 Å². The first kappa shape index (κ1) is 12.5. The standard InChI is InChI=1S/C11H21NO3/c1-4-14-10(13)8-12-7-9-5-6-11(2,3)15-9/h9,12H,4-8H2,1-3H3. The van der Waals surface area contributed by atoms with E-state index in [1.165, 1.54) is 0 Å². The van der Waals surface area contributed by atoms with Crippen molar-refractivity contribution < 1.29 is 14.3 Å². The van der Waals surface area contributed by atoms with E-state index in [0.717, 1.165) is 19.4 Å². The first-order chi connectivity index (χ1) is 7.03. The summed E-state index contributed by atoms with van der Waals surface area (Å²) in [6, 6.07) is 0. The van der Waals surface area contributed by atoms with E-state index in [0.29, 0.717) is 6.61 Å². The van der Waals surface area contributed by atoms with Crippen molar-refractivity contribution in [2.24, 2.45) is 0 Å². The molecule has 0 aromatic carbocycles. The van der Waals surface area contributed by atoms with Gasteiger partial charge in [0.05, 0.1) is 24.9 Å². The highest BCUT2D eigenvalue weighted by Crippen LogP contribution is 2.28. The Bertz CT molecular complexity index is 216. The predicted molar refractivity (Wildman–Crippen MR) is 57.7 cm³/mol. The van der Waals surface area contributed by atoms with Gasteiger partial charge in [0.2, 0.25) is 0 Å². The topological polar surface area (TPSA) is 47.6 Å². The lowest BCUT2D eigenvalue weighted by Gasteiger charge is -2.19. The van der Waals surface area contributed by atoms with E-state index in [9.17, 15) is 4.79 Å². The van der Waals surface area contributed by atoms with Crippen LogP contribution in [0, 0.1) is 0 Å². The fourth-order valence-electron chi connectivity index (χ4n) is 1.77. The van der Waals surface area contributed by atoms with Crippen LogP contribution < -0.4 is 5.32 Å². The average molecular weight is 215 g/mol. The van der Waals surface area contributed by atoms with Crippen LogP contribution in [0.3, 0.4) is 0 Å². The molecule has 0 bridgehead atoms. The smallest absolute Gasteiger partial charge is 0.319 e. The van der Waals surface area contributed by atoms with Gasteiger partial charge in [-0.15, -0.1) is 0 Å². The Labute approximate surface area is 91.3 Å². The molecule has 1 N–H and O–H groups in total. The van der Waals surface area contributed by atoms with Gasteiger partial charge < -0.3 is 14.8 Å². The number of hydrogen-bond donors (Lipinski definition) is 1. The molecule has 1 rings (SSSR count). The molecule has 4 nitrogen and oxygen atoms in total. The first-order valence-electron chi connectivity index (χ1n) is 5.57. The van der Waals surface area contributed by atoms with Crippen molar-refractivity contribution in [3.05, 3.63) is 0 Å². The summed E-state index contributed by atoms with van der Waals surface area (Å²) in [5.41, 5.74) is -0.00370. The second kappa shape index (κ2) is 5.47. The summed E-state index contributed by atoms with van der Waals surface area (Å²) in [5.74, 6) is -0.199. The number of carbonyl (C=O) groups is 1. The molecule has 0 saturated carbocycles. The molecule has 0 spiro atoms. The molecule has 1 saturated heterocycles. The van der Waals surface area contributed by atoms with Crippen LogP contribution in [0.1, 0.15) is 33.6 Å². The van der Waals surface area contributed by atoms with Gasteiger partial charge in [0, 0.05) is 6.54 Å². The predicted octanol–water partition coefficient (Wildman–Crippen LogP) is 1.10. The summed E-state index contributed by atoms with van der Waals surface area (Å²) in [4.78, 5) is 11.0. The molecule has 4 heteroatoms. The molecule has 0 aromatic rings. The van der Waals surface area contributed by atoms with E-state index < -0.39 is 0 Å². The van der Waals surface area contributed by atoms with E-state index in [1.807, 2.05) is 0 Å². The zero-order valence-electron chi connectivity index (χ0n) is 9.84. The molecule has 0 aliphatic carbocycles. The third-order valence-corrected chi connectivity index (χ3v) is 2.50. The Morgan fingerprint density at radius 3 is 2.87 bits per heavy atom. The van der Waals surface area contributed by atoms with Crippen molar-refractivity contribution in [1.29, 1.82) is 0 Å². The summed E-state index contributed by atoms with van der Waals surface area (Å²) in [7, 11) is 0. The van der Waals surface area contributed by atoms with Gasteiger partial charge >= 0.3 is 5.97 Å². The van der Waals surface area contributed by atoms with Gasteiger partial charge in [-0.05, 0) is 33.6 Å². The highest BCUT2D eigenvalue weighted by atomic mass is 16.5. The molecule has 15 heavy (non-hydrogen) atoms. The first-order valence-corrected chi connectivity index (χ1v) is 5.57. The minimum Gasteiger partial charge on any atom is -0.465 e. The summed E-state index contributed by atoms with van der Waals surface area (Å²) in [5, 5.41) is 3.05. The molecule has 1 aliphatic heterocycles. The van der Waals surface area contributed by atoms with Gasteiger partial charge in [0.1, 0.15) is 0 Å². The van der Waals surface area contributed by atoms with Gasteiger partial charge in [0.15, 0.2) is 0 Å². The zero-order valence-corrected chi connectivity index (χ0v) is 9.84. The van der Waals surface area contributed by atoms with Crippen molar-refractivity contribution in [1.82, 2.24) is 5.32 Å². The third-order valence-electron chi connectivity index (χ3n) is 2.50. The Morgan fingerprint density at radius 2 is 2.33 bits per heavy atom. The van der Waals surface area contributed by atoms with Crippen LogP contribution in [-0.4, -0.2) is 37.4 Å². The van der Waals surface area contributed by atoms with Crippen molar-refractivity contribution in [2.45, 2.75) is 45.3 Å². The molecule has 88 valence electrons. The van der Waals surface area contributed by atoms with Crippen molar-refractivity contribution in [3.63, 3.8) is 0 Å². The Morgan fingerprint density at radius 1 is 1.60 bits per heavy atom. The third kappa shape index (κ3) is 4.62. The number of carbonyl (C=O) groups excluding carboxylic acids is 1. The second-order valence-corrected chi connectivity index (χ2v) is 4.47.